The number of benzene rings is 1. The first-order valence-corrected chi connectivity index (χ1v) is 9.51. The summed E-state index contributed by atoms with van der Waals surface area (Å²) in [5.41, 5.74) is -0.111. The Bertz CT molecular complexity index is 591. The van der Waals surface area contributed by atoms with Crippen LogP contribution in [-0.4, -0.2) is 30.7 Å². The molecule has 0 saturated carbocycles. The zero-order chi connectivity index (χ0) is 17.5. The van der Waals surface area contributed by atoms with Crippen molar-refractivity contribution in [2.75, 3.05) is 7.05 Å². The molecule has 6 nitrogen and oxygen atoms in total. The van der Waals surface area contributed by atoms with Gasteiger partial charge in [-0.3, -0.25) is 10.1 Å². The third kappa shape index (κ3) is 5.28. The van der Waals surface area contributed by atoms with E-state index < -0.39 is 14.9 Å². The van der Waals surface area contributed by atoms with E-state index in [1.165, 1.54) is 28.6 Å². The molecule has 0 aliphatic heterocycles. The van der Waals surface area contributed by atoms with E-state index in [0.717, 1.165) is 38.5 Å². The second-order valence-electron chi connectivity index (χ2n) is 5.71. The van der Waals surface area contributed by atoms with Crippen LogP contribution in [0.3, 0.4) is 0 Å². The van der Waals surface area contributed by atoms with Crippen LogP contribution in [0.25, 0.3) is 0 Å². The summed E-state index contributed by atoms with van der Waals surface area (Å²) in [5, 5.41) is 10.7. The number of rotatable bonds is 10. The Labute approximate surface area is 138 Å². The van der Waals surface area contributed by atoms with Gasteiger partial charge in [0.2, 0.25) is 10.0 Å². The Morgan fingerprint density at radius 1 is 1.09 bits per heavy atom. The molecule has 0 atom stereocenters. The Hall–Kier alpha value is -1.47. The summed E-state index contributed by atoms with van der Waals surface area (Å²) in [6.45, 7) is 4.17. The van der Waals surface area contributed by atoms with Crippen LogP contribution in [-0.2, 0) is 10.0 Å². The van der Waals surface area contributed by atoms with Gasteiger partial charge in [-0.25, -0.2) is 8.42 Å². The molecule has 0 spiro atoms. The van der Waals surface area contributed by atoms with E-state index in [4.69, 9.17) is 0 Å². The number of unbranched alkanes of at least 4 members (excludes halogenated alkanes) is 2. The van der Waals surface area contributed by atoms with E-state index in [0.29, 0.717) is 0 Å². The lowest BCUT2D eigenvalue weighted by Gasteiger charge is -2.27. The first-order valence-electron chi connectivity index (χ1n) is 8.07. The predicted molar refractivity (Wildman–Crippen MR) is 90.9 cm³/mol. The normalized spacial score (nSPS) is 12.0. The maximum Gasteiger partial charge on any atom is 0.269 e. The van der Waals surface area contributed by atoms with Crippen LogP contribution in [0, 0.1) is 10.1 Å². The smallest absolute Gasteiger partial charge is 0.258 e. The standard InChI is InChI=1S/C16H26N2O4S/c1-4-6-8-14(9-7-5-2)17(3)23(21,22)16-12-10-15(11-13-16)18(19)20/h10-14H,4-9H2,1-3H3. The fraction of sp³-hybridized carbons (Fsp3) is 0.625. The molecule has 7 heteroatoms. The van der Waals surface area contributed by atoms with Crippen molar-refractivity contribution in [2.24, 2.45) is 0 Å². The molecule has 0 aromatic heterocycles. The summed E-state index contributed by atoms with van der Waals surface area (Å²) < 4.78 is 26.9. The molecule has 1 aromatic rings. The van der Waals surface area contributed by atoms with E-state index in [2.05, 4.69) is 13.8 Å². The van der Waals surface area contributed by atoms with Crippen molar-refractivity contribution >= 4 is 15.7 Å². The zero-order valence-corrected chi connectivity index (χ0v) is 14.9. The topological polar surface area (TPSA) is 80.5 Å². The van der Waals surface area contributed by atoms with Gasteiger partial charge in [0.15, 0.2) is 0 Å². The maximum absolute atomic E-state index is 12.7. The molecule has 0 bridgehead atoms. The van der Waals surface area contributed by atoms with Crippen molar-refractivity contribution in [2.45, 2.75) is 63.3 Å². The first-order chi connectivity index (χ1) is 10.8. The van der Waals surface area contributed by atoms with Crippen LogP contribution >= 0.6 is 0 Å². The van der Waals surface area contributed by atoms with Crippen molar-refractivity contribution in [1.29, 1.82) is 0 Å². The second-order valence-corrected chi connectivity index (χ2v) is 7.71. The summed E-state index contributed by atoms with van der Waals surface area (Å²) in [4.78, 5) is 10.3. The molecular formula is C16H26N2O4S. The fourth-order valence-electron chi connectivity index (χ4n) is 2.49. The first kappa shape index (κ1) is 19.6. The van der Waals surface area contributed by atoms with Crippen molar-refractivity contribution in [3.8, 4) is 0 Å². The quantitative estimate of drug-likeness (QED) is 0.476. The van der Waals surface area contributed by atoms with E-state index in [1.54, 1.807) is 7.05 Å². The highest BCUT2D eigenvalue weighted by Crippen LogP contribution is 2.24. The Morgan fingerprint density at radius 3 is 1.96 bits per heavy atom. The van der Waals surface area contributed by atoms with E-state index in [-0.39, 0.29) is 16.6 Å². The van der Waals surface area contributed by atoms with Crippen molar-refractivity contribution in [3.63, 3.8) is 0 Å². The monoisotopic (exact) mass is 342 g/mol. The van der Waals surface area contributed by atoms with Gasteiger partial charge in [-0.1, -0.05) is 39.5 Å². The molecule has 0 amide bonds. The van der Waals surface area contributed by atoms with Gasteiger partial charge in [-0.15, -0.1) is 0 Å². The van der Waals surface area contributed by atoms with Gasteiger partial charge >= 0.3 is 0 Å². The lowest BCUT2D eigenvalue weighted by atomic mass is 10.0. The predicted octanol–water partition coefficient (Wildman–Crippen LogP) is 3.96. The molecule has 0 aliphatic carbocycles. The Morgan fingerprint density at radius 2 is 1.57 bits per heavy atom. The molecule has 23 heavy (non-hydrogen) atoms. The molecule has 0 saturated heterocycles. The largest absolute Gasteiger partial charge is 0.269 e. The summed E-state index contributed by atoms with van der Waals surface area (Å²) in [5.74, 6) is 0. The van der Waals surface area contributed by atoms with Crippen LogP contribution in [0.1, 0.15) is 52.4 Å². The molecule has 0 aliphatic rings. The van der Waals surface area contributed by atoms with Gasteiger partial charge in [0.05, 0.1) is 9.82 Å². The Balaban J connectivity index is 2.99. The Kier molecular flexibility index (Phi) is 7.64. The molecule has 1 rings (SSSR count). The van der Waals surface area contributed by atoms with E-state index in [1.807, 2.05) is 0 Å². The molecular weight excluding hydrogens is 316 g/mol. The summed E-state index contributed by atoms with van der Waals surface area (Å²) in [6.07, 6.45) is 5.67. The lowest BCUT2D eigenvalue weighted by molar-refractivity contribution is -0.384. The molecule has 0 unspecified atom stereocenters. The van der Waals surface area contributed by atoms with Crippen molar-refractivity contribution in [1.82, 2.24) is 4.31 Å². The third-order valence-corrected chi connectivity index (χ3v) is 5.94. The SMILES string of the molecule is CCCCC(CCCC)N(C)S(=O)(=O)c1ccc([N+](=O)[O-])cc1. The maximum atomic E-state index is 12.7. The lowest BCUT2D eigenvalue weighted by Crippen LogP contribution is -2.37. The number of hydrogen-bond acceptors (Lipinski definition) is 4. The number of non-ortho nitro benzene ring substituents is 1. The van der Waals surface area contributed by atoms with Gasteiger partial charge in [0.1, 0.15) is 0 Å². The van der Waals surface area contributed by atoms with Gasteiger partial charge in [0.25, 0.3) is 5.69 Å². The highest BCUT2D eigenvalue weighted by atomic mass is 32.2. The third-order valence-electron chi connectivity index (χ3n) is 4.02. The molecule has 130 valence electrons. The highest BCUT2D eigenvalue weighted by Gasteiger charge is 2.27. The average molecular weight is 342 g/mol. The minimum absolute atomic E-state index is 0.0323. The second kappa shape index (κ2) is 8.98. The highest BCUT2D eigenvalue weighted by molar-refractivity contribution is 7.89. The number of hydrogen-bond donors (Lipinski definition) is 0. The zero-order valence-electron chi connectivity index (χ0n) is 14.1. The number of nitro groups is 1. The number of nitro benzene ring substituents is 1. The van der Waals surface area contributed by atoms with Gasteiger partial charge in [0, 0.05) is 25.2 Å². The average Bonchev–Trinajstić information content (AvgIpc) is 2.54. The molecule has 0 radical (unpaired) electrons. The minimum atomic E-state index is -3.63. The summed E-state index contributed by atoms with van der Waals surface area (Å²) in [6, 6.07) is 5.04. The van der Waals surface area contributed by atoms with E-state index >= 15 is 0 Å². The molecule has 0 heterocycles. The van der Waals surface area contributed by atoms with Crippen LogP contribution in [0.4, 0.5) is 5.69 Å². The van der Waals surface area contributed by atoms with Crippen LogP contribution in [0.2, 0.25) is 0 Å². The van der Waals surface area contributed by atoms with Crippen molar-refractivity contribution in [3.05, 3.63) is 34.4 Å². The van der Waals surface area contributed by atoms with Crippen LogP contribution in [0.15, 0.2) is 29.2 Å². The number of nitrogens with zero attached hydrogens (tertiary/aromatic N) is 2. The van der Waals surface area contributed by atoms with Crippen LogP contribution < -0.4 is 0 Å². The summed E-state index contributed by atoms with van der Waals surface area (Å²) in [7, 11) is -2.03. The molecule has 0 N–H and O–H groups in total. The molecule has 1 aromatic carbocycles. The van der Waals surface area contributed by atoms with Crippen LogP contribution in [0.5, 0.6) is 0 Å². The van der Waals surface area contributed by atoms with Crippen molar-refractivity contribution < 1.29 is 13.3 Å². The van der Waals surface area contributed by atoms with Gasteiger partial charge < -0.3 is 0 Å². The van der Waals surface area contributed by atoms with Gasteiger partial charge in [-0.2, -0.15) is 4.31 Å². The van der Waals surface area contributed by atoms with E-state index in [9.17, 15) is 18.5 Å². The fourth-order valence-corrected chi connectivity index (χ4v) is 3.91. The summed E-state index contributed by atoms with van der Waals surface area (Å²) >= 11 is 0. The molecule has 0 fully saturated rings. The number of sulfonamides is 1. The van der Waals surface area contributed by atoms with Gasteiger partial charge in [-0.05, 0) is 25.0 Å². The minimum Gasteiger partial charge on any atom is -0.258 e.